The van der Waals surface area contributed by atoms with Gasteiger partial charge in [-0.25, -0.2) is 0 Å². The average molecular weight is 299 g/mol. The molecule has 16 heavy (non-hydrogen) atoms. The topological polar surface area (TPSA) is 35.8 Å². The van der Waals surface area contributed by atoms with Crippen molar-refractivity contribution in [2.75, 3.05) is 17.3 Å². The van der Waals surface area contributed by atoms with Gasteiger partial charge in [0, 0.05) is 10.2 Å². The number of para-hydroxylation sites is 1. The SMILES string of the molecule is CSCCCC(C#N)Nc1ccccc1Br. The second kappa shape index (κ2) is 7.59. The van der Waals surface area contributed by atoms with Crippen molar-refractivity contribution in [2.24, 2.45) is 0 Å². The summed E-state index contributed by atoms with van der Waals surface area (Å²) in [5.74, 6) is 1.11. The molecule has 0 aliphatic heterocycles. The van der Waals surface area contributed by atoms with E-state index in [-0.39, 0.29) is 6.04 Å². The summed E-state index contributed by atoms with van der Waals surface area (Å²) in [6.45, 7) is 0. The largest absolute Gasteiger partial charge is 0.369 e. The summed E-state index contributed by atoms with van der Waals surface area (Å²) in [7, 11) is 0. The van der Waals surface area contributed by atoms with Crippen LogP contribution >= 0.6 is 27.7 Å². The number of nitrogens with one attached hydrogen (secondary N) is 1. The lowest BCUT2D eigenvalue weighted by Gasteiger charge is -2.13. The second-order valence-electron chi connectivity index (χ2n) is 3.44. The molecule has 1 unspecified atom stereocenters. The van der Waals surface area contributed by atoms with E-state index in [0.29, 0.717) is 0 Å². The van der Waals surface area contributed by atoms with Crippen LogP contribution in [0.3, 0.4) is 0 Å². The van der Waals surface area contributed by atoms with Crippen molar-refractivity contribution in [3.05, 3.63) is 28.7 Å². The van der Waals surface area contributed by atoms with Gasteiger partial charge in [0.15, 0.2) is 0 Å². The molecule has 0 aliphatic rings. The molecule has 0 aliphatic carbocycles. The van der Waals surface area contributed by atoms with E-state index in [1.807, 2.05) is 36.0 Å². The highest BCUT2D eigenvalue weighted by Gasteiger charge is 2.08. The molecule has 0 amide bonds. The molecule has 0 heterocycles. The predicted molar refractivity (Wildman–Crippen MR) is 74.8 cm³/mol. The van der Waals surface area contributed by atoms with Gasteiger partial charge in [-0.2, -0.15) is 17.0 Å². The Balaban J connectivity index is 2.51. The molecule has 0 aromatic heterocycles. The molecule has 1 N–H and O–H groups in total. The van der Waals surface area contributed by atoms with E-state index >= 15 is 0 Å². The third kappa shape index (κ3) is 4.46. The summed E-state index contributed by atoms with van der Waals surface area (Å²) in [4.78, 5) is 0. The molecule has 1 rings (SSSR count). The zero-order valence-electron chi connectivity index (χ0n) is 9.24. The van der Waals surface area contributed by atoms with Crippen LogP contribution in [0.25, 0.3) is 0 Å². The van der Waals surface area contributed by atoms with Crippen LogP contribution in [0.1, 0.15) is 12.8 Å². The highest BCUT2D eigenvalue weighted by Crippen LogP contribution is 2.22. The Hall–Kier alpha value is -0.660. The number of nitrogens with zero attached hydrogens (tertiary/aromatic N) is 1. The number of hydrogen-bond donors (Lipinski definition) is 1. The van der Waals surface area contributed by atoms with Gasteiger partial charge in [-0.05, 0) is 52.9 Å². The summed E-state index contributed by atoms with van der Waals surface area (Å²) < 4.78 is 1.00. The fraction of sp³-hybridized carbons (Fsp3) is 0.417. The smallest absolute Gasteiger partial charge is 0.114 e. The number of hydrogen-bond acceptors (Lipinski definition) is 3. The first kappa shape index (κ1) is 13.4. The molecule has 0 saturated carbocycles. The summed E-state index contributed by atoms with van der Waals surface area (Å²) >= 11 is 5.28. The van der Waals surface area contributed by atoms with Gasteiger partial charge in [-0.1, -0.05) is 12.1 Å². The van der Waals surface area contributed by atoms with Crippen LogP contribution < -0.4 is 5.32 Å². The van der Waals surface area contributed by atoms with Gasteiger partial charge in [-0.15, -0.1) is 0 Å². The Morgan fingerprint density at radius 2 is 2.25 bits per heavy atom. The van der Waals surface area contributed by atoms with E-state index in [0.717, 1.165) is 28.8 Å². The molecule has 0 bridgehead atoms. The van der Waals surface area contributed by atoms with Crippen molar-refractivity contribution >= 4 is 33.4 Å². The number of benzene rings is 1. The minimum atomic E-state index is -0.106. The van der Waals surface area contributed by atoms with Gasteiger partial charge >= 0.3 is 0 Å². The molecule has 4 heteroatoms. The van der Waals surface area contributed by atoms with Gasteiger partial charge < -0.3 is 5.32 Å². The molecular weight excluding hydrogens is 284 g/mol. The van der Waals surface area contributed by atoms with E-state index in [1.165, 1.54) is 0 Å². The molecule has 2 nitrogen and oxygen atoms in total. The minimum absolute atomic E-state index is 0.106. The van der Waals surface area contributed by atoms with Crippen LogP contribution in [0.4, 0.5) is 5.69 Å². The first-order chi connectivity index (χ1) is 7.77. The monoisotopic (exact) mass is 298 g/mol. The quantitative estimate of drug-likeness (QED) is 0.809. The van der Waals surface area contributed by atoms with Crippen LogP contribution in [0.15, 0.2) is 28.7 Å². The van der Waals surface area contributed by atoms with Crippen molar-refractivity contribution in [3.8, 4) is 6.07 Å². The average Bonchev–Trinajstić information content (AvgIpc) is 2.30. The minimum Gasteiger partial charge on any atom is -0.369 e. The third-order valence-corrected chi connectivity index (χ3v) is 3.59. The van der Waals surface area contributed by atoms with Gasteiger partial charge in [0.05, 0.1) is 6.07 Å². The van der Waals surface area contributed by atoms with E-state index in [1.54, 1.807) is 0 Å². The Morgan fingerprint density at radius 1 is 1.50 bits per heavy atom. The number of thioether (sulfide) groups is 1. The molecule has 0 saturated heterocycles. The van der Waals surface area contributed by atoms with Crippen LogP contribution in [0.5, 0.6) is 0 Å². The normalized spacial score (nSPS) is 11.8. The maximum absolute atomic E-state index is 9.04. The van der Waals surface area contributed by atoms with E-state index in [4.69, 9.17) is 5.26 Å². The molecule has 1 atom stereocenters. The maximum Gasteiger partial charge on any atom is 0.114 e. The predicted octanol–water partition coefficient (Wildman–Crippen LogP) is 3.90. The van der Waals surface area contributed by atoms with Crippen LogP contribution in [0, 0.1) is 11.3 Å². The highest BCUT2D eigenvalue weighted by atomic mass is 79.9. The van der Waals surface area contributed by atoms with Crippen molar-refractivity contribution in [3.63, 3.8) is 0 Å². The first-order valence-electron chi connectivity index (χ1n) is 5.17. The number of halogens is 1. The van der Waals surface area contributed by atoms with Gasteiger partial charge in [0.25, 0.3) is 0 Å². The second-order valence-corrected chi connectivity index (χ2v) is 5.28. The van der Waals surface area contributed by atoms with Crippen molar-refractivity contribution < 1.29 is 0 Å². The zero-order valence-corrected chi connectivity index (χ0v) is 11.6. The van der Waals surface area contributed by atoms with Crippen molar-refractivity contribution in [1.82, 2.24) is 0 Å². The zero-order chi connectivity index (χ0) is 11.8. The maximum atomic E-state index is 9.04. The third-order valence-electron chi connectivity index (χ3n) is 2.20. The first-order valence-corrected chi connectivity index (χ1v) is 7.36. The lowest BCUT2D eigenvalue weighted by atomic mass is 10.2. The van der Waals surface area contributed by atoms with Crippen LogP contribution in [-0.4, -0.2) is 18.1 Å². The Kier molecular flexibility index (Phi) is 6.36. The summed E-state index contributed by atoms with van der Waals surface area (Å²) in [5.41, 5.74) is 0.984. The fourth-order valence-electron chi connectivity index (χ4n) is 1.37. The lowest BCUT2D eigenvalue weighted by molar-refractivity contribution is 0.754. The van der Waals surface area contributed by atoms with Crippen LogP contribution in [0.2, 0.25) is 0 Å². The molecule has 1 aromatic carbocycles. The molecule has 86 valence electrons. The Labute approximate surface area is 110 Å². The molecular formula is C12H15BrN2S. The van der Waals surface area contributed by atoms with E-state index < -0.39 is 0 Å². The van der Waals surface area contributed by atoms with Gasteiger partial charge in [0.2, 0.25) is 0 Å². The van der Waals surface area contributed by atoms with Crippen molar-refractivity contribution in [2.45, 2.75) is 18.9 Å². The van der Waals surface area contributed by atoms with E-state index in [9.17, 15) is 0 Å². The number of rotatable bonds is 6. The molecule has 0 spiro atoms. The Morgan fingerprint density at radius 3 is 2.88 bits per heavy atom. The standard InChI is InChI=1S/C12H15BrN2S/c1-16-8-4-5-10(9-14)15-12-7-3-2-6-11(12)13/h2-3,6-7,10,15H,4-5,8H2,1H3. The molecule has 0 fully saturated rings. The van der Waals surface area contributed by atoms with Gasteiger partial charge in [0.1, 0.15) is 6.04 Å². The highest BCUT2D eigenvalue weighted by molar-refractivity contribution is 9.10. The van der Waals surface area contributed by atoms with E-state index in [2.05, 4.69) is 33.6 Å². The molecule has 0 radical (unpaired) electrons. The fourth-order valence-corrected chi connectivity index (χ4v) is 2.22. The van der Waals surface area contributed by atoms with Gasteiger partial charge in [-0.3, -0.25) is 0 Å². The summed E-state index contributed by atoms with van der Waals surface area (Å²) in [6.07, 6.45) is 4.04. The lowest BCUT2D eigenvalue weighted by Crippen LogP contribution is -2.17. The molecule has 1 aromatic rings. The van der Waals surface area contributed by atoms with Crippen molar-refractivity contribution in [1.29, 1.82) is 5.26 Å². The number of anilines is 1. The Bertz CT molecular complexity index is 362. The summed E-state index contributed by atoms with van der Waals surface area (Å²) in [6, 6.07) is 10.1. The number of nitriles is 1. The summed E-state index contributed by atoms with van der Waals surface area (Å²) in [5, 5.41) is 12.3. The van der Waals surface area contributed by atoms with Crippen LogP contribution in [-0.2, 0) is 0 Å².